The summed E-state index contributed by atoms with van der Waals surface area (Å²) in [5, 5.41) is 22.6. The zero-order chi connectivity index (χ0) is 16.4. The third-order valence-electron chi connectivity index (χ3n) is 5.64. The van der Waals surface area contributed by atoms with E-state index in [2.05, 4.69) is 17.3 Å². The number of piperidine rings is 1. The van der Waals surface area contributed by atoms with Gasteiger partial charge in [-0.2, -0.15) is 0 Å². The molecular weight excluding hydrogens is 292 g/mol. The number of carboxylic acid groups (broad SMARTS) is 1. The molecule has 3 N–H and O–H groups in total. The molecule has 4 atom stereocenters. The summed E-state index contributed by atoms with van der Waals surface area (Å²) in [5.41, 5.74) is 0.928. The first kappa shape index (κ1) is 16.4. The van der Waals surface area contributed by atoms with Crippen LogP contribution in [-0.4, -0.2) is 52.9 Å². The normalized spacial score (nSPS) is 30.1. The van der Waals surface area contributed by atoms with Gasteiger partial charge in [0.05, 0.1) is 12.6 Å². The second kappa shape index (κ2) is 6.99. The van der Waals surface area contributed by atoms with Crippen molar-refractivity contribution in [1.82, 2.24) is 10.2 Å². The maximum atomic E-state index is 11.8. The molecule has 0 aromatic heterocycles. The van der Waals surface area contributed by atoms with Crippen LogP contribution in [0.3, 0.4) is 0 Å². The van der Waals surface area contributed by atoms with E-state index in [0.29, 0.717) is 12.1 Å². The predicted octanol–water partition coefficient (Wildman–Crippen LogP) is 1.64. The Morgan fingerprint density at radius 2 is 1.87 bits per heavy atom. The summed E-state index contributed by atoms with van der Waals surface area (Å²) in [4.78, 5) is 14.3. The van der Waals surface area contributed by atoms with Crippen LogP contribution in [0.2, 0.25) is 0 Å². The van der Waals surface area contributed by atoms with Gasteiger partial charge in [0.15, 0.2) is 0 Å². The third-order valence-corrected chi connectivity index (χ3v) is 5.64. The molecule has 2 aliphatic heterocycles. The minimum Gasteiger partial charge on any atom is -0.480 e. The van der Waals surface area contributed by atoms with E-state index in [1.165, 1.54) is 12.8 Å². The molecule has 0 spiro atoms. The van der Waals surface area contributed by atoms with E-state index < -0.39 is 12.0 Å². The molecule has 1 aromatic rings. The Kier molecular flexibility index (Phi) is 4.99. The monoisotopic (exact) mass is 318 g/mol. The highest BCUT2D eigenvalue weighted by atomic mass is 16.4. The Morgan fingerprint density at radius 3 is 2.39 bits per heavy atom. The van der Waals surface area contributed by atoms with Crippen LogP contribution >= 0.6 is 0 Å². The zero-order valence-corrected chi connectivity index (χ0v) is 13.6. The van der Waals surface area contributed by atoms with Gasteiger partial charge in [-0.25, -0.2) is 0 Å². The molecule has 23 heavy (non-hydrogen) atoms. The van der Waals surface area contributed by atoms with Crippen LogP contribution in [0.15, 0.2) is 30.3 Å². The van der Waals surface area contributed by atoms with Crippen molar-refractivity contribution in [1.29, 1.82) is 0 Å². The van der Waals surface area contributed by atoms with Crippen molar-refractivity contribution in [2.45, 2.75) is 49.9 Å². The quantitative estimate of drug-likeness (QED) is 0.743. The number of fused-ring (bicyclic) bond motifs is 2. The molecule has 2 heterocycles. The van der Waals surface area contributed by atoms with Gasteiger partial charge in [-0.3, -0.25) is 10.1 Å². The first-order valence-electron chi connectivity index (χ1n) is 8.46. The van der Waals surface area contributed by atoms with Crippen LogP contribution in [0.5, 0.6) is 0 Å². The summed E-state index contributed by atoms with van der Waals surface area (Å²) >= 11 is 0. The summed E-state index contributed by atoms with van der Waals surface area (Å²) in [7, 11) is 2.16. The second-order valence-corrected chi connectivity index (χ2v) is 6.91. The van der Waals surface area contributed by atoms with Gasteiger partial charge in [0.1, 0.15) is 6.04 Å². The highest BCUT2D eigenvalue weighted by Gasteiger charge is 2.43. The van der Waals surface area contributed by atoms with Crippen LogP contribution in [0, 0.1) is 5.92 Å². The fourth-order valence-electron chi connectivity index (χ4n) is 4.29. The molecule has 0 amide bonds. The molecule has 5 nitrogen and oxygen atoms in total. The van der Waals surface area contributed by atoms with Gasteiger partial charge in [0.2, 0.25) is 0 Å². The van der Waals surface area contributed by atoms with Crippen molar-refractivity contribution in [3.63, 3.8) is 0 Å². The van der Waals surface area contributed by atoms with Gasteiger partial charge < -0.3 is 15.1 Å². The van der Waals surface area contributed by atoms with E-state index in [1.807, 2.05) is 30.3 Å². The van der Waals surface area contributed by atoms with Crippen molar-refractivity contribution < 1.29 is 15.0 Å². The van der Waals surface area contributed by atoms with Gasteiger partial charge in [0, 0.05) is 12.1 Å². The number of hydrogen-bond donors (Lipinski definition) is 3. The second-order valence-electron chi connectivity index (χ2n) is 6.91. The van der Waals surface area contributed by atoms with Gasteiger partial charge >= 0.3 is 5.97 Å². The van der Waals surface area contributed by atoms with E-state index in [9.17, 15) is 15.0 Å². The number of carboxylic acids is 1. The number of aliphatic hydroxyl groups excluding tert-OH is 1. The van der Waals surface area contributed by atoms with Crippen LogP contribution in [0.1, 0.15) is 37.3 Å². The number of nitrogens with zero attached hydrogens (tertiary/aromatic N) is 1. The van der Waals surface area contributed by atoms with Gasteiger partial charge in [-0.05, 0) is 44.2 Å². The number of rotatable bonds is 6. The lowest BCUT2D eigenvalue weighted by Gasteiger charge is -2.39. The number of nitrogens with one attached hydrogen (secondary N) is 1. The third kappa shape index (κ3) is 3.42. The van der Waals surface area contributed by atoms with Gasteiger partial charge in [-0.15, -0.1) is 0 Å². The van der Waals surface area contributed by atoms with Crippen molar-refractivity contribution >= 4 is 5.97 Å². The summed E-state index contributed by atoms with van der Waals surface area (Å²) < 4.78 is 0. The Morgan fingerprint density at radius 1 is 1.26 bits per heavy atom. The first-order valence-corrected chi connectivity index (χ1v) is 8.46. The van der Waals surface area contributed by atoms with Crippen molar-refractivity contribution in [2.24, 2.45) is 5.92 Å². The molecular formula is C18H26N2O3. The van der Waals surface area contributed by atoms with E-state index in [-0.39, 0.29) is 18.6 Å². The Bertz CT molecular complexity index is 522. The highest BCUT2D eigenvalue weighted by molar-refractivity contribution is 5.74. The SMILES string of the molecule is CN1C2CCC1CC(C(NC(CO)c1ccccc1)C(=O)O)C2. The zero-order valence-electron chi connectivity index (χ0n) is 13.6. The van der Waals surface area contributed by atoms with E-state index >= 15 is 0 Å². The maximum absolute atomic E-state index is 11.8. The van der Waals surface area contributed by atoms with E-state index in [0.717, 1.165) is 18.4 Å². The number of hydrogen-bond acceptors (Lipinski definition) is 4. The largest absolute Gasteiger partial charge is 0.480 e. The number of aliphatic hydroxyl groups is 1. The number of carbonyl (C=O) groups is 1. The average molecular weight is 318 g/mol. The fraction of sp³-hybridized carbons (Fsp3) is 0.611. The van der Waals surface area contributed by atoms with Crippen molar-refractivity contribution in [3.05, 3.63) is 35.9 Å². The Labute approximate surface area is 137 Å². The molecule has 2 aliphatic rings. The number of aliphatic carboxylic acids is 1. The standard InChI is InChI=1S/C18H26N2O3/c1-20-14-7-8-15(20)10-13(9-14)17(18(22)23)19-16(11-21)12-5-3-2-4-6-12/h2-6,13-17,19,21H,7-11H2,1H3,(H,22,23). The Balaban J connectivity index is 1.73. The molecule has 1 aromatic carbocycles. The molecule has 2 fully saturated rings. The topological polar surface area (TPSA) is 72.8 Å². The Hall–Kier alpha value is -1.43. The van der Waals surface area contributed by atoms with E-state index in [4.69, 9.17) is 0 Å². The summed E-state index contributed by atoms with van der Waals surface area (Å²) in [6.07, 6.45) is 4.19. The minimum atomic E-state index is -0.812. The molecule has 3 rings (SSSR count). The maximum Gasteiger partial charge on any atom is 0.321 e. The molecule has 2 saturated heterocycles. The average Bonchev–Trinajstić information content (AvgIpc) is 2.77. The van der Waals surface area contributed by atoms with Crippen LogP contribution in [0.4, 0.5) is 0 Å². The minimum absolute atomic E-state index is 0.104. The molecule has 0 radical (unpaired) electrons. The molecule has 0 aliphatic carbocycles. The lowest BCUT2D eigenvalue weighted by Crippen LogP contribution is -2.51. The highest BCUT2D eigenvalue weighted by Crippen LogP contribution is 2.39. The lowest BCUT2D eigenvalue weighted by atomic mass is 9.84. The first-order chi connectivity index (χ1) is 11.1. The molecule has 5 heteroatoms. The van der Waals surface area contributed by atoms with Crippen molar-refractivity contribution in [3.8, 4) is 0 Å². The van der Waals surface area contributed by atoms with Gasteiger partial charge in [0.25, 0.3) is 0 Å². The lowest BCUT2D eigenvalue weighted by molar-refractivity contribution is -0.142. The van der Waals surface area contributed by atoms with Crippen molar-refractivity contribution in [2.75, 3.05) is 13.7 Å². The smallest absolute Gasteiger partial charge is 0.321 e. The van der Waals surface area contributed by atoms with Crippen LogP contribution < -0.4 is 5.32 Å². The number of benzene rings is 1. The van der Waals surface area contributed by atoms with E-state index in [1.54, 1.807) is 0 Å². The molecule has 0 saturated carbocycles. The predicted molar refractivity (Wildman–Crippen MR) is 88.1 cm³/mol. The van der Waals surface area contributed by atoms with Gasteiger partial charge in [-0.1, -0.05) is 30.3 Å². The fourth-order valence-corrected chi connectivity index (χ4v) is 4.29. The molecule has 4 unspecified atom stereocenters. The van der Waals surface area contributed by atoms with Crippen LogP contribution in [0.25, 0.3) is 0 Å². The summed E-state index contributed by atoms with van der Waals surface area (Å²) in [6.45, 7) is -0.104. The summed E-state index contributed by atoms with van der Waals surface area (Å²) in [5.74, 6) is -0.688. The molecule has 2 bridgehead atoms. The molecule has 126 valence electrons. The summed E-state index contributed by atoms with van der Waals surface area (Å²) in [6, 6.07) is 9.64. The van der Waals surface area contributed by atoms with Crippen LogP contribution in [-0.2, 0) is 4.79 Å².